The van der Waals surface area contributed by atoms with Gasteiger partial charge in [0.15, 0.2) is 5.78 Å². The van der Waals surface area contributed by atoms with Crippen LogP contribution in [0.5, 0.6) is 0 Å². The van der Waals surface area contributed by atoms with Crippen LogP contribution < -0.4 is 0 Å². The average Bonchev–Trinajstić information content (AvgIpc) is 2.27. The molecule has 0 saturated heterocycles. The van der Waals surface area contributed by atoms with E-state index in [-0.39, 0.29) is 17.0 Å². The number of ketones is 1. The summed E-state index contributed by atoms with van der Waals surface area (Å²) in [4.78, 5) is 12.4. The Kier molecular flexibility index (Phi) is 4.63. The zero-order chi connectivity index (χ0) is 13.9. The normalized spacial score (nSPS) is 13.4. The van der Waals surface area contributed by atoms with E-state index in [0.717, 1.165) is 0 Å². The molecular formula is C15H21FO2. The van der Waals surface area contributed by atoms with E-state index in [9.17, 15) is 9.18 Å². The number of benzene rings is 1. The Labute approximate surface area is 108 Å². The predicted octanol–water partition coefficient (Wildman–Crippen LogP) is 3.77. The summed E-state index contributed by atoms with van der Waals surface area (Å²) in [5, 5.41) is 0. The van der Waals surface area contributed by atoms with Gasteiger partial charge in [-0.2, -0.15) is 0 Å². The molecule has 1 aromatic carbocycles. The van der Waals surface area contributed by atoms with Crippen molar-refractivity contribution in [3.8, 4) is 0 Å². The van der Waals surface area contributed by atoms with Gasteiger partial charge in [-0.05, 0) is 30.9 Å². The van der Waals surface area contributed by atoms with Gasteiger partial charge in [0.2, 0.25) is 0 Å². The van der Waals surface area contributed by atoms with Crippen LogP contribution in [0.3, 0.4) is 0 Å². The van der Waals surface area contributed by atoms with Crippen molar-refractivity contribution in [2.45, 2.75) is 40.7 Å². The van der Waals surface area contributed by atoms with E-state index in [1.807, 2.05) is 27.7 Å². The van der Waals surface area contributed by atoms with Crippen LogP contribution in [0, 0.1) is 18.2 Å². The number of halogens is 1. The maximum atomic E-state index is 13.5. The highest BCUT2D eigenvalue weighted by Gasteiger charge is 2.32. The average molecular weight is 252 g/mol. The summed E-state index contributed by atoms with van der Waals surface area (Å²) in [6.07, 6.45) is -0.551. The summed E-state index contributed by atoms with van der Waals surface area (Å²) in [5.74, 6) is -0.520. The minimum atomic E-state index is -0.551. The molecule has 0 aromatic heterocycles. The lowest BCUT2D eigenvalue weighted by Crippen LogP contribution is -2.37. The first-order valence-electron chi connectivity index (χ1n) is 6.19. The van der Waals surface area contributed by atoms with Crippen molar-refractivity contribution in [1.29, 1.82) is 0 Å². The third kappa shape index (κ3) is 3.39. The van der Waals surface area contributed by atoms with Gasteiger partial charge in [0.1, 0.15) is 11.9 Å². The molecule has 0 heterocycles. The second kappa shape index (κ2) is 5.61. The fraction of sp³-hybridized carbons (Fsp3) is 0.533. The Morgan fingerprint density at radius 1 is 1.39 bits per heavy atom. The molecule has 0 spiro atoms. The lowest BCUT2D eigenvalue weighted by atomic mass is 9.84. The Hall–Kier alpha value is -1.22. The van der Waals surface area contributed by atoms with E-state index in [4.69, 9.17) is 4.74 Å². The summed E-state index contributed by atoms with van der Waals surface area (Å²) in [7, 11) is 0. The standard InChI is InChI=1S/C15H21FO2/c1-6-18-14(15(3,4)5)13(17)11-8-7-10(2)12(16)9-11/h7-9,14H,6H2,1-5H3. The minimum absolute atomic E-state index is 0.164. The van der Waals surface area contributed by atoms with Crippen molar-refractivity contribution in [3.05, 3.63) is 35.1 Å². The Morgan fingerprint density at radius 2 is 2.00 bits per heavy atom. The molecule has 0 N–H and O–H groups in total. The molecular weight excluding hydrogens is 231 g/mol. The van der Waals surface area contributed by atoms with Gasteiger partial charge < -0.3 is 4.74 Å². The second-order valence-electron chi connectivity index (χ2n) is 5.53. The number of aryl methyl sites for hydroxylation is 1. The smallest absolute Gasteiger partial charge is 0.192 e. The first-order valence-corrected chi connectivity index (χ1v) is 6.19. The molecule has 0 aliphatic rings. The van der Waals surface area contributed by atoms with Crippen LogP contribution in [-0.2, 0) is 4.74 Å². The maximum Gasteiger partial charge on any atom is 0.192 e. The minimum Gasteiger partial charge on any atom is -0.370 e. The van der Waals surface area contributed by atoms with Crippen LogP contribution in [-0.4, -0.2) is 18.5 Å². The zero-order valence-corrected chi connectivity index (χ0v) is 11.7. The quantitative estimate of drug-likeness (QED) is 0.762. The van der Waals surface area contributed by atoms with Crippen molar-refractivity contribution in [2.75, 3.05) is 6.61 Å². The summed E-state index contributed by atoms with van der Waals surface area (Å²) < 4.78 is 19.0. The SMILES string of the molecule is CCOC(C(=O)c1ccc(C)c(F)c1)C(C)(C)C. The molecule has 1 rings (SSSR count). The van der Waals surface area contributed by atoms with Crippen LogP contribution in [0.2, 0.25) is 0 Å². The molecule has 0 aliphatic heterocycles. The Balaban J connectivity index is 3.06. The largest absolute Gasteiger partial charge is 0.370 e. The van der Waals surface area contributed by atoms with Gasteiger partial charge in [0, 0.05) is 12.2 Å². The molecule has 18 heavy (non-hydrogen) atoms. The first-order chi connectivity index (χ1) is 8.27. The summed E-state index contributed by atoms with van der Waals surface area (Å²) in [5.41, 5.74) is 0.593. The third-order valence-electron chi connectivity index (χ3n) is 2.81. The van der Waals surface area contributed by atoms with E-state index < -0.39 is 6.10 Å². The predicted molar refractivity (Wildman–Crippen MR) is 70.3 cm³/mol. The molecule has 3 heteroatoms. The topological polar surface area (TPSA) is 26.3 Å². The molecule has 2 nitrogen and oxygen atoms in total. The molecule has 100 valence electrons. The Morgan fingerprint density at radius 3 is 2.44 bits per heavy atom. The molecule has 1 aromatic rings. The number of rotatable bonds is 4. The van der Waals surface area contributed by atoms with E-state index in [0.29, 0.717) is 17.7 Å². The van der Waals surface area contributed by atoms with Crippen molar-refractivity contribution in [3.63, 3.8) is 0 Å². The maximum absolute atomic E-state index is 13.5. The van der Waals surface area contributed by atoms with Gasteiger partial charge in [-0.25, -0.2) is 4.39 Å². The van der Waals surface area contributed by atoms with Crippen molar-refractivity contribution >= 4 is 5.78 Å². The van der Waals surface area contributed by atoms with Gasteiger partial charge in [0.05, 0.1) is 0 Å². The van der Waals surface area contributed by atoms with E-state index >= 15 is 0 Å². The molecule has 0 radical (unpaired) electrons. The molecule has 1 unspecified atom stereocenters. The molecule has 0 amide bonds. The third-order valence-corrected chi connectivity index (χ3v) is 2.81. The second-order valence-corrected chi connectivity index (χ2v) is 5.53. The van der Waals surface area contributed by atoms with Crippen molar-refractivity contribution < 1.29 is 13.9 Å². The summed E-state index contributed by atoms with van der Waals surface area (Å²) in [6, 6.07) is 4.56. The molecule has 0 fully saturated rings. The first kappa shape index (κ1) is 14.8. The van der Waals surface area contributed by atoms with Gasteiger partial charge in [-0.1, -0.05) is 32.9 Å². The van der Waals surface area contributed by atoms with Crippen LogP contribution in [0.15, 0.2) is 18.2 Å². The lowest BCUT2D eigenvalue weighted by molar-refractivity contribution is -0.000243. The number of ether oxygens (including phenoxy) is 1. The highest BCUT2D eigenvalue weighted by molar-refractivity contribution is 6.00. The lowest BCUT2D eigenvalue weighted by Gasteiger charge is -2.29. The molecule has 0 bridgehead atoms. The van der Waals surface area contributed by atoms with Gasteiger partial charge >= 0.3 is 0 Å². The fourth-order valence-corrected chi connectivity index (χ4v) is 1.78. The summed E-state index contributed by atoms with van der Waals surface area (Å²) >= 11 is 0. The number of Topliss-reactive ketones (excluding diaryl/α,β-unsaturated/α-hetero) is 1. The van der Waals surface area contributed by atoms with Crippen molar-refractivity contribution in [1.82, 2.24) is 0 Å². The molecule has 1 atom stereocenters. The summed E-state index contributed by atoms with van der Waals surface area (Å²) in [6.45, 7) is 9.80. The van der Waals surface area contributed by atoms with E-state index in [1.165, 1.54) is 6.07 Å². The highest BCUT2D eigenvalue weighted by atomic mass is 19.1. The fourth-order valence-electron chi connectivity index (χ4n) is 1.78. The zero-order valence-electron chi connectivity index (χ0n) is 11.7. The van der Waals surface area contributed by atoms with Crippen LogP contribution in [0.25, 0.3) is 0 Å². The van der Waals surface area contributed by atoms with Gasteiger partial charge in [0.25, 0.3) is 0 Å². The van der Waals surface area contributed by atoms with Gasteiger partial charge in [-0.15, -0.1) is 0 Å². The van der Waals surface area contributed by atoms with Crippen molar-refractivity contribution in [2.24, 2.45) is 5.41 Å². The van der Waals surface area contributed by atoms with E-state index in [1.54, 1.807) is 19.1 Å². The molecule has 0 aliphatic carbocycles. The van der Waals surface area contributed by atoms with Crippen LogP contribution in [0.4, 0.5) is 4.39 Å². The van der Waals surface area contributed by atoms with Crippen LogP contribution in [0.1, 0.15) is 43.6 Å². The number of carbonyl (C=O) groups is 1. The van der Waals surface area contributed by atoms with E-state index in [2.05, 4.69) is 0 Å². The number of hydrogen-bond acceptors (Lipinski definition) is 2. The Bertz CT molecular complexity index is 433. The van der Waals surface area contributed by atoms with Crippen LogP contribution >= 0.6 is 0 Å². The number of carbonyl (C=O) groups excluding carboxylic acids is 1. The van der Waals surface area contributed by atoms with Gasteiger partial charge in [-0.3, -0.25) is 4.79 Å². The highest BCUT2D eigenvalue weighted by Crippen LogP contribution is 2.26. The molecule has 0 saturated carbocycles. The number of hydrogen-bond donors (Lipinski definition) is 0. The monoisotopic (exact) mass is 252 g/mol.